The van der Waals surface area contributed by atoms with E-state index in [-0.39, 0.29) is 50.9 Å². The minimum absolute atomic E-state index is 0.0120. The van der Waals surface area contributed by atoms with Gasteiger partial charge in [0.25, 0.3) is 23.4 Å². The fraction of sp³-hybridized carbons (Fsp3) is 0.155. The highest BCUT2D eigenvalue weighted by molar-refractivity contribution is 8.00. The van der Waals surface area contributed by atoms with Gasteiger partial charge >= 0.3 is 29.8 Å². The third-order valence-electron chi connectivity index (χ3n) is 15.3. The van der Waals surface area contributed by atoms with Crippen molar-refractivity contribution in [3.05, 3.63) is 285 Å². The van der Waals surface area contributed by atoms with E-state index in [1.807, 2.05) is 121 Å². The number of carbonyl (C=O) groups is 7. The number of β-lactam (4-membered cyclic amide) rings is 1. The van der Waals surface area contributed by atoms with E-state index in [1.54, 1.807) is 73.7 Å². The number of carbonyl (C=O) groups excluding carboxylic acids is 7. The van der Waals surface area contributed by atoms with Crippen LogP contribution in [0.3, 0.4) is 0 Å². The molecule has 2 aliphatic rings. The molecular weight excluding hydrogens is 1280 g/mol. The monoisotopic (exact) mass is 1340 g/mol. The number of hydrogen-bond acceptors (Lipinski definition) is 22. The Morgan fingerprint density at radius 2 is 1.10 bits per heavy atom. The van der Waals surface area contributed by atoms with Crippen molar-refractivity contribution in [3.63, 3.8) is 0 Å². The number of thioether (sulfide) groups is 1. The number of anilines is 1. The standard InChI is InChI=1S/C71H57N9O13S3/c1-40-36-52(80-71(73-40)76-63(77-80)69(87)92-60(47-30-18-8-19-31-47)48-32-20-9-21-33-48)62(94)50-38-95-66-56(65(84)79(66)57(50)67(85)90-58(43-22-10-4-11-23-43)44-24-12-5-13-25-44)75-64(83)55(51-39-96-70(72)74-51)78-93-61(49-34-35-53(88-41(2)81)54(37-49)89-42(3)82)68(86)91-59(45-26-14-6-15-27-45)46-28-16-7-17-29-46/h4-37,39,56,58-62,66,94H,38H2,1-3H3,(H2,72,74)(H,75,83)/t56-,61?,62?,66-/m1/s1. The quantitative estimate of drug-likeness (QED) is 0.0108. The summed E-state index contributed by atoms with van der Waals surface area (Å²) < 4.78 is 31.0. The Morgan fingerprint density at radius 3 is 1.59 bits per heavy atom. The number of thiol groups is 1. The summed E-state index contributed by atoms with van der Waals surface area (Å²) in [6.45, 7) is 4.00. The molecular formula is C71H57N9O13S3. The third kappa shape index (κ3) is 14.3. The summed E-state index contributed by atoms with van der Waals surface area (Å²) in [5, 5.41) is 11.1. The van der Waals surface area contributed by atoms with E-state index in [1.165, 1.54) is 44.8 Å². The topological polar surface area (TPSA) is 284 Å². The molecule has 22 nitrogen and oxygen atoms in total. The lowest BCUT2D eigenvalue weighted by molar-refractivity contribution is -0.162. The molecule has 5 heterocycles. The van der Waals surface area contributed by atoms with Gasteiger partial charge in [0, 0.05) is 36.2 Å². The molecule has 1 saturated heterocycles. The van der Waals surface area contributed by atoms with Crippen molar-refractivity contribution in [2.45, 2.75) is 61.9 Å². The number of fused-ring (bicyclic) bond motifs is 2. The first kappa shape index (κ1) is 64.8. The van der Waals surface area contributed by atoms with Gasteiger partial charge < -0.3 is 39.6 Å². The molecule has 2 unspecified atom stereocenters. The number of oxime groups is 1. The van der Waals surface area contributed by atoms with Crippen LogP contribution < -0.4 is 20.5 Å². The maximum Gasteiger partial charge on any atom is 0.379 e. The summed E-state index contributed by atoms with van der Waals surface area (Å²) in [4.78, 5) is 120. The highest BCUT2D eigenvalue weighted by atomic mass is 32.2. The molecule has 2 aliphatic heterocycles. The Balaban J connectivity index is 0.890. The summed E-state index contributed by atoms with van der Waals surface area (Å²) in [5.41, 5.74) is 10.2. The number of esters is 5. The number of nitrogen functional groups attached to an aromatic ring is 1. The molecule has 3 N–H and O–H groups in total. The average Bonchev–Trinajstić information content (AvgIpc) is 0.728. The highest BCUT2D eigenvalue weighted by Gasteiger charge is 2.56. The van der Waals surface area contributed by atoms with Gasteiger partial charge in [-0.25, -0.2) is 24.4 Å². The first-order valence-corrected chi connectivity index (χ1v) is 32.3. The van der Waals surface area contributed by atoms with Gasteiger partial charge in [-0.2, -0.15) is 22.1 Å². The van der Waals surface area contributed by atoms with Crippen molar-refractivity contribution in [2.75, 3.05) is 11.5 Å². The lowest BCUT2D eigenvalue weighted by atomic mass is 9.99. The number of hydrogen-bond donors (Lipinski definition) is 3. The van der Waals surface area contributed by atoms with Gasteiger partial charge in [-0.15, -0.1) is 28.2 Å². The Morgan fingerprint density at radius 1 is 0.615 bits per heavy atom. The SMILES string of the molecule is CC(=O)Oc1ccc(C(ON=C(C(=O)N[C@@H]2C(=O)N3C(C(=O)OC(c4ccccc4)c4ccccc4)=C(C(S)c4cc(C)nc5nc(C(=O)OC(c6ccccc6)c6ccccc6)nn45)CS[C@H]23)c2csc(N)n2)C(=O)OC(c2ccccc2)c2ccccc2)cc1OC(C)=O. The van der Waals surface area contributed by atoms with Crippen molar-refractivity contribution in [1.29, 1.82) is 0 Å². The number of aryl methyl sites for hydroxylation is 1. The van der Waals surface area contributed by atoms with Gasteiger partial charge in [-0.3, -0.25) is 24.1 Å². The highest BCUT2D eigenvalue weighted by Crippen LogP contribution is 2.47. The predicted molar refractivity (Wildman–Crippen MR) is 357 cm³/mol. The molecule has 4 atom stereocenters. The lowest BCUT2D eigenvalue weighted by Crippen LogP contribution is -2.71. The Labute approximate surface area is 562 Å². The number of rotatable bonds is 22. The fourth-order valence-electron chi connectivity index (χ4n) is 10.9. The molecule has 12 rings (SSSR count). The van der Waals surface area contributed by atoms with Crippen molar-refractivity contribution in [1.82, 2.24) is 34.8 Å². The number of nitrogens with two attached hydrogens (primary N) is 1. The van der Waals surface area contributed by atoms with E-state index < -0.39 is 88.5 Å². The molecule has 10 aromatic rings. The molecule has 482 valence electrons. The summed E-state index contributed by atoms with van der Waals surface area (Å²) in [5.74, 6) is -6.79. The van der Waals surface area contributed by atoms with Gasteiger partial charge in [0.2, 0.25) is 6.10 Å². The largest absolute Gasteiger partial charge is 0.449 e. The summed E-state index contributed by atoms with van der Waals surface area (Å²) in [6.07, 6.45) is -4.67. The number of thiazole rings is 1. The fourth-order valence-corrected chi connectivity index (χ4v) is 13.3. The average molecular weight is 1340 g/mol. The minimum Gasteiger partial charge on any atom is -0.449 e. The van der Waals surface area contributed by atoms with E-state index in [0.717, 1.165) is 25.2 Å². The zero-order valence-electron chi connectivity index (χ0n) is 51.2. The minimum atomic E-state index is -1.86. The second-order valence-corrected chi connectivity index (χ2v) is 24.4. The summed E-state index contributed by atoms with van der Waals surface area (Å²) in [6, 6.07) is 58.5. The molecule has 96 heavy (non-hydrogen) atoms. The normalized spacial score (nSPS) is 15.1. The first-order chi connectivity index (χ1) is 46.6. The number of ether oxygens (including phenoxy) is 5. The van der Waals surface area contributed by atoms with Gasteiger partial charge in [0.1, 0.15) is 22.8 Å². The van der Waals surface area contributed by atoms with Crippen LogP contribution in [0.25, 0.3) is 5.78 Å². The van der Waals surface area contributed by atoms with Gasteiger partial charge in [0.05, 0.1) is 10.9 Å². The van der Waals surface area contributed by atoms with Crippen LogP contribution >= 0.6 is 35.7 Å². The molecule has 0 saturated carbocycles. The van der Waals surface area contributed by atoms with E-state index in [2.05, 4.69) is 30.5 Å². The number of nitrogens with zero attached hydrogens (tertiary/aromatic N) is 7. The van der Waals surface area contributed by atoms with E-state index in [0.29, 0.717) is 50.3 Å². The van der Waals surface area contributed by atoms with Crippen LogP contribution in [-0.2, 0) is 47.8 Å². The van der Waals surface area contributed by atoms with Crippen LogP contribution in [0.1, 0.15) is 110 Å². The van der Waals surface area contributed by atoms with Gasteiger partial charge in [-0.05, 0) is 64.1 Å². The third-order valence-corrected chi connectivity index (χ3v) is 17.8. The Hall–Kier alpha value is -11.3. The molecule has 0 aliphatic carbocycles. The van der Waals surface area contributed by atoms with E-state index in [9.17, 15) is 19.2 Å². The molecule has 2 amide bonds. The van der Waals surface area contributed by atoms with Crippen molar-refractivity contribution in [2.24, 2.45) is 5.16 Å². The number of amides is 2. The van der Waals surface area contributed by atoms with E-state index >= 15 is 14.4 Å². The molecule has 25 heteroatoms. The number of aromatic nitrogens is 5. The maximum atomic E-state index is 15.5. The maximum absolute atomic E-state index is 15.5. The van der Waals surface area contributed by atoms with E-state index in [4.69, 9.17) is 46.9 Å². The molecule has 1 fully saturated rings. The second kappa shape index (κ2) is 28.9. The summed E-state index contributed by atoms with van der Waals surface area (Å²) in [7, 11) is 0. The second-order valence-electron chi connectivity index (χ2n) is 21.8. The smallest absolute Gasteiger partial charge is 0.379 e. The zero-order valence-corrected chi connectivity index (χ0v) is 53.8. The number of benzene rings is 7. The predicted octanol–water partition coefficient (Wildman–Crippen LogP) is 10.7. The van der Waals surface area contributed by atoms with Crippen LogP contribution in [0, 0.1) is 6.92 Å². The molecule has 0 spiro atoms. The first-order valence-electron chi connectivity index (χ1n) is 29.9. The van der Waals surface area contributed by atoms with Crippen LogP contribution in [0.4, 0.5) is 5.13 Å². The zero-order chi connectivity index (χ0) is 67.0. The van der Waals surface area contributed by atoms with Crippen LogP contribution in [-0.4, -0.2) is 94.0 Å². The lowest BCUT2D eigenvalue weighted by Gasteiger charge is -2.50. The number of nitrogens with one attached hydrogen (secondary N) is 1. The Bertz CT molecular complexity index is 4510. The summed E-state index contributed by atoms with van der Waals surface area (Å²) >= 11 is 7.35. The van der Waals surface area contributed by atoms with Gasteiger partial charge in [0.15, 0.2) is 40.7 Å². The molecule has 0 radical (unpaired) electrons. The van der Waals surface area contributed by atoms with Crippen molar-refractivity contribution < 1.29 is 62.1 Å². The van der Waals surface area contributed by atoms with Crippen molar-refractivity contribution in [3.8, 4) is 11.5 Å². The molecule has 3 aromatic heterocycles. The molecule has 0 bridgehead atoms. The van der Waals surface area contributed by atoms with Crippen LogP contribution in [0.5, 0.6) is 11.5 Å². The molecule has 7 aromatic carbocycles. The van der Waals surface area contributed by atoms with Gasteiger partial charge in [-0.1, -0.05) is 193 Å². The van der Waals surface area contributed by atoms with Crippen molar-refractivity contribution >= 4 is 94.0 Å². The van der Waals surface area contributed by atoms with Crippen LogP contribution in [0.15, 0.2) is 228 Å². The van der Waals surface area contributed by atoms with Crippen LogP contribution in [0.2, 0.25) is 0 Å². The Kier molecular flexibility index (Phi) is 19.5.